The summed E-state index contributed by atoms with van der Waals surface area (Å²) in [6.07, 6.45) is 1.83. The summed E-state index contributed by atoms with van der Waals surface area (Å²) in [5.41, 5.74) is -0.803. The zero-order valence-electron chi connectivity index (χ0n) is 11.2. The van der Waals surface area contributed by atoms with Gasteiger partial charge in [0.15, 0.2) is 6.61 Å². The number of carbonyl (C=O) groups is 2. The van der Waals surface area contributed by atoms with E-state index in [1.165, 1.54) is 12.1 Å². The molecular formula is C13H14N2O6. The van der Waals surface area contributed by atoms with Gasteiger partial charge in [-0.05, 0) is 18.9 Å². The number of hydrogen-bond acceptors (Lipinski definition) is 5. The number of nitro benzene ring substituents is 1. The monoisotopic (exact) mass is 294 g/mol. The summed E-state index contributed by atoms with van der Waals surface area (Å²) >= 11 is 0. The van der Waals surface area contributed by atoms with Gasteiger partial charge in [0.2, 0.25) is 5.75 Å². The number of nitro groups is 1. The molecule has 0 radical (unpaired) electrons. The first-order valence-corrected chi connectivity index (χ1v) is 6.42. The Morgan fingerprint density at radius 3 is 2.57 bits per heavy atom. The Bertz CT molecular complexity index is 548. The van der Waals surface area contributed by atoms with Crippen LogP contribution in [0.1, 0.15) is 23.2 Å². The third kappa shape index (κ3) is 3.28. The third-order valence-corrected chi connectivity index (χ3v) is 3.22. The van der Waals surface area contributed by atoms with Gasteiger partial charge in [0, 0.05) is 19.2 Å². The Labute approximate surface area is 120 Å². The quantitative estimate of drug-likeness (QED) is 0.647. The molecule has 0 aliphatic carbocycles. The summed E-state index contributed by atoms with van der Waals surface area (Å²) in [5.74, 6) is -2.04. The smallest absolute Gasteiger partial charge is 0.339 e. The van der Waals surface area contributed by atoms with Gasteiger partial charge in [-0.2, -0.15) is 0 Å². The molecule has 1 aliphatic heterocycles. The summed E-state index contributed by atoms with van der Waals surface area (Å²) in [6.45, 7) is 0.848. The van der Waals surface area contributed by atoms with Crippen LogP contribution < -0.4 is 4.74 Å². The van der Waals surface area contributed by atoms with E-state index in [0.29, 0.717) is 13.1 Å². The lowest BCUT2D eigenvalue weighted by atomic mass is 10.1. The van der Waals surface area contributed by atoms with Gasteiger partial charge in [0.05, 0.1) is 4.92 Å². The summed E-state index contributed by atoms with van der Waals surface area (Å²) in [4.78, 5) is 34.8. The summed E-state index contributed by atoms with van der Waals surface area (Å²) < 4.78 is 5.15. The summed E-state index contributed by atoms with van der Waals surface area (Å²) in [7, 11) is 0. The molecule has 0 unspecified atom stereocenters. The zero-order chi connectivity index (χ0) is 15.4. The number of ether oxygens (including phenoxy) is 1. The maximum absolute atomic E-state index is 11.9. The lowest BCUT2D eigenvalue weighted by Gasteiger charge is -2.16. The molecule has 1 aromatic rings. The molecule has 0 bridgehead atoms. The van der Waals surface area contributed by atoms with Crippen LogP contribution in [0.15, 0.2) is 18.2 Å². The molecule has 1 aliphatic rings. The molecule has 2 rings (SSSR count). The first-order chi connectivity index (χ1) is 10.0. The van der Waals surface area contributed by atoms with Crippen molar-refractivity contribution in [3.8, 4) is 5.75 Å². The van der Waals surface area contributed by atoms with Crippen LogP contribution >= 0.6 is 0 Å². The first kappa shape index (κ1) is 14.8. The van der Waals surface area contributed by atoms with Gasteiger partial charge in [-0.15, -0.1) is 0 Å². The molecule has 0 atom stereocenters. The number of rotatable bonds is 5. The number of hydrogen-bond donors (Lipinski definition) is 1. The fourth-order valence-electron chi connectivity index (χ4n) is 2.18. The maximum atomic E-state index is 11.9. The number of likely N-dealkylation sites (tertiary alicyclic amines) is 1. The Balaban J connectivity index is 2.19. The minimum absolute atomic E-state index is 0.304. The van der Waals surface area contributed by atoms with Crippen LogP contribution in [0.4, 0.5) is 5.69 Å². The fourth-order valence-corrected chi connectivity index (χ4v) is 2.18. The molecule has 0 aromatic heterocycles. The number of carboxylic acid groups (broad SMARTS) is 1. The van der Waals surface area contributed by atoms with E-state index in [4.69, 9.17) is 9.84 Å². The lowest BCUT2D eigenvalue weighted by Crippen LogP contribution is -2.32. The van der Waals surface area contributed by atoms with Crippen molar-refractivity contribution in [1.82, 2.24) is 4.90 Å². The highest BCUT2D eigenvalue weighted by Gasteiger charge is 2.25. The normalized spacial score (nSPS) is 14.0. The average molecular weight is 294 g/mol. The molecule has 1 fully saturated rings. The van der Waals surface area contributed by atoms with Crippen molar-refractivity contribution in [1.29, 1.82) is 0 Å². The van der Waals surface area contributed by atoms with Crippen molar-refractivity contribution in [2.24, 2.45) is 0 Å². The number of benzene rings is 1. The molecule has 1 amide bonds. The van der Waals surface area contributed by atoms with E-state index >= 15 is 0 Å². The highest BCUT2D eigenvalue weighted by Crippen LogP contribution is 2.31. The van der Waals surface area contributed by atoms with Gasteiger partial charge in [-0.3, -0.25) is 14.9 Å². The standard InChI is InChI=1S/C13H14N2O6/c16-11(14-6-1-2-7-14)8-21-12-9(13(17)18)4-3-5-10(12)15(19)20/h3-5H,1-2,6-8H2,(H,17,18). The van der Waals surface area contributed by atoms with Gasteiger partial charge >= 0.3 is 11.7 Å². The summed E-state index contributed by atoms with van der Waals surface area (Å²) in [6, 6.07) is 3.60. The van der Waals surface area contributed by atoms with Crippen molar-refractivity contribution in [3.63, 3.8) is 0 Å². The number of carbonyl (C=O) groups excluding carboxylic acids is 1. The van der Waals surface area contributed by atoms with E-state index in [1.54, 1.807) is 4.90 Å². The Morgan fingerprint density at radius 1 is 1.33 bits per heavy atom. The van der Waals surface area contributed by atoms with Crippen molar-refractivity contribution in [2.45, 2.75) is 12.8 Å². The minimum atomic E-state index is -1.35. The van der Waals surface area contributed by atoms with Crippen LogP contribution in [0.2, 0.25) is 0 Å². The topological polar surface area (TPSA) is 110 Å². The molecule has 1 N–H and O–H groups in total. The molecular weight excluding hydrogens is 280 g/mol. The van der Waals surface area contributed by atoms with E-state index in [1.807, 2.05) is 0 Å². The molecule has 1 saturated heterocycles. The van der Waals surface area contributed by atoms with Crippen LogP contribution in [-0.2, 0) is 4.79 Å². The van der Waals surface area contributed by atoms with E-state index in [0.717, 1.165) is 18.9 Å². The largest absolute Gasteiger partial charge is 0.478 e. The van der Waals surface area contributed by atoms with Crippen molar-refractivity contribution in [3.05, 3.63) is 33.9 Å². The number of amides is 1. The summed E-state index contributed by atoms with van der Waals surface area (Å²) in [5, 5.41) is 20.0. The molecule has 1 heterocycles. The maximum Gasteiger partial charge on any atom is 0.339 e. The highest BCUT2D eigenvalue weighted by molar-refractivity contribution is 5.92. The highest BCUT2D eigenvalue weighted by atomic mass is 16.6. The van der Waals surface area contributed by atoms with Gasteiger partial charge in [0.1, 0.15) is 5.56 Å². The SMILES string of the molecule is O=C(O)c1cccc([N+](=O)[O-])c1OCC(=O)N1CCCC1. The predicted molar refractivity (Wildman–Crippen MR) is 71.4 cm³/mol. The second kappa shape index (κ2) is 6.21. The van der Waals surface area contributed by atoms with Crippen LogP contribution in [0.3, 0.4) is 0 Å². The van der Waals surface area contributed by atoms with Gasteiger partial charge in [-0.1, -0.05) is 6.07 Å². The van der Waals surface area contributed by atoms with E-state index in [-0.39, 0.29) is 17.2 Å². The third-order valence-electron chi connectivity index (χ3n) is 3.22. The Kier molecular flexibility index (Phi) is 4.36. The van der Waals surface area contributed by atoms with Crippen LogP contribution in [-0.4, -0.2) is 46.5 Å². The van der Waals surface area contributed by atoms with E-state index in [2.05, 4.69) is 0 Å². The number of aromatic carboxylic acids is 1. The van der Waals surface area contributed by atoms with E-state index < -0.39 is 23.2 Å². The zero-order valence-corrected chi connectivity index (χ0v) is 11.2. The Hall–Kier alpha value is -2.64. The van der Waals surface area contributed by atoms with Crippen LogP contribution in [0, 0.1) is 10.1 Å². The number of para-hydroxylation sites is 1. The van der Waals surface area contributed by atoms with Gasteiger partial charge in [0.25, 0.3) is 5.91 Å². The molecule has 112 valence electrons. The molecule has 21 heavy (non-hydrogen) atoms. The minimum Gasteiger partial charge on any atom is -0.478 e. The van der Waals surface area contributed by atoms with Gasteiger partial charge < -0.3 is 14.7 Å². The van der Waals surface area contributed by atoms with Crippen LogP contribution in [0.25, 0.3) is 0 Å². The van der Waals surface area contributed by atoms with Crippen molar-refractivity contribution in [2.75, 3.05) is 19.7 Å². The molecule has 0 spiro atoms. The predicted octanol–water partition coefficient (Wildman–Crippen LogP) is 1.29. The van der Waals surface area contributed by atoms with E-state index in [9.17, 15) is 19.7 Å². The first-order valence-electron chi connectivity index (χ1n) is 6.42. The fraction of sp³-hybridized carbons (Fsp3) is 0.385. The molecule has 8 nitrogen and oxygen atoms in total. The molecule has 1 aromatic carbocycles. The van der Waals surface area contributed by atoms with Gasteiger partial charge in [-0.25, -0.2) is 4.79 Å². The Morgan fingerprint density at radius 2 is 2.00 bits per heavy atom. The lowest BCUT2D eigenvalue weighted by molar-refractivity contribution is -0.385. The molecule has 0 saturated carbocycles. The number of carboxylic acids is 1. The number of nitrogens with zero attached hydrogens (tertiary/aromatic N) is 2. The molecule has 8 heteroatoms. The van der Waals surface area contributed by atoms with Crippen molar-refractivity contribution < 1.29 is 24.4 Å². The second-order valence-electron chi connectivity index (χ2n) is 4.59. The average Bonchev–Trinajstić information content (AvgIpc) is 2.98. The second-order valence-corrected chi connectivity index (χ2v) is 4.59. The van der Waals surface area contributed by atoms with Crippen molar-refractivity contribution >= 4 is 17.6 Å². The van der Waals surface area contributed by atoms with Crippen LogP contribution in [0.5, 0.6) is 5.75 Å².